The molecular weight excluding hydrogens is 388 g/mol. The van der Waals surface area contributed by atoms with Crippen LogP contribution in [-0.2, 0) is 27.8 Å². The van der Waals surface area contributed by atoms with Gasteiger partial charge < -0.3 is 9.88 Å². The second-order valence-corrected chi connectivity index (χ2v) is 8.71. The SMILES string of the molecule is CCc1nc2ccccc2n1CC(=O)NCCNS(=O)(=O)c1cc(C)ccc1C. The van der Waals surface area contributed by atoms with E-state index < -0.39 is 10.0 Å². The molecule has 1 heterocycles. The normalized spacial score (nSPS) is 11.7. The molecule has 0 bridgehead atoms. The molecule has 2 N–H and O–H groups in total. The molecule has 0 unspecified atom stereocenters. The highest BCUT2D eigenvalue weighted by Crippen LogP contribution is 2.17. The molecule has 7 nitrogen and oxygen atoms in total. The molecular formula is C21H26N4O3S. The van der Waals surface area contributed by atoms with Gasteiger partial charge in [-0.25, -0.2) is 18.1 Å². The van der Waals surface area contributed by atoms with Crippen LogP contribution in [0.3, 0.4) is 0 Å². The number of nitrogens with one attached hydrogen (secondary N) is 2. The van der Waals surface area contributed by atoms with Crippen LogP contribution in [0.4, 0.5) is 0 Å². The van der Waals surface area contributed by atoms with Crippen LogP contribution in [-0.4, -0.2) is 37.0 Å². The van der Waals surface area contributed by atoms with Crippen LogP contribution >= 0.6 is 0 Å². The smallest absolute Gasteiger partial charge is 0.240 e. The van der Waals surface area contributed by atoms with E-state index in [9.17, 15) is 13.2 Å². The van der Waals surface area contributed by atoms with E-state index in [-0.39, 0.29) is 30.4 Å². The molecule has 154 valence electrons. The van der Waals surface area contributed by atoms with Gasteiger partial charge in [-0.2, -0.15) is 0 Å². The van der Waals surface area contributed by atoms with Gasteiger partial charge in [0.2, 0.25) is 15.9 Å². The number of sulfonamides is 1. The van der Waals surface area contributed by atoms with Gasteiger partial charge >= 0.3 is 0 Å². The second kappa shape index (κ2) is 8.75. The molecule has 0 spiro atoms. The lowest BCUT2D eigenvalue weighted by atomic mass is 10.2. The van der Waals surface area contributed by atoms with E-state index in [0.717, 1.165) is 28.8 Å². The Labute approximate surface area is 171 Å². The highest BCUT2D eigenvalue weighted by molar-refractivity contribution is 7.89. The van der Waals surface area contributed by atoms with E-state index in [2.05, 4.69) is 15.0 Å². The lowest BCUT2D eigenvalue weighted by molar-refractivity contribution is -0.121. The highest BCUT2D eigenvalue weighted by atomic mass is 32.2. The number of aryl methyl sites for hydroxylation is 3. The number of carbonyl (C=O) groups excluding carboxylic acids is 1. The Morgan fingerprint density at radius 1 is 1.10 bits per heavy atom. The van der Waals surface area contributed by atoms with Crippen LogP contribution < -0.4 is 10.0 Å². The molecule has 0 aliphatic carbocycles. The fourth-order valence-corrected chi connectivity index (χ4v) is 4.59. The van der Waals surface area contributed by atoms with E-state index in [1.807, 2.05) is 48.7 Å². The van der Waals surface area contributed by atoms with Crippen molar-refractivity contribution in [2.24, 2.45) is 0 Å². The highest BCUT2D eigenvalue weighted by Gasteiger charge is 2.17. The number of carbonyl (C=O) groups is 1. The van der Waals surface area contributed by atoms with E-state index in [4.69, 9.17) is 0 Å². The number of para-hydroxylation sites is 2. The molecule has 1 amide bonds. The van der Waals surface area contributed by atoms with Crippen molar-refractivity contribution in [3.05, 3.63) is 59.4 Å². The number of nitrogens with zero attached hydrogens (tertiary/aromatic N) is 2. The minimum Gasteiger partial charge on any atom is -0.353 e. The Balaban J connectivity index is 1.58. The molecule has 0 aliphatic rings. The van der Waals surface area contributed by atoms with Crippen molar-refractivity contribution in [3.63, 3.8) is 0 Å². The molecule has 8 heteroatoms. The zero-order chi connectivity index (χ0) is 21.0. The van der Waals surface area contributed by atoms with E-state index in [0.29, 0.717) is 5.56 Å². The molecule has 0 radical (unpaired) electrons. The summed E-state index contributed by atoms with van der Waals surface area (Å²) >= 11 is 0. The summed E-state index contributed by atoms with van der Waals surface area (Å²) in [5.41, 5.74) is 3.34. The van der Waals surface area contributed by atoms with Crippen LogP contribution in [0.5, 0.6) is 0 Å². The van der Waals surface area contributed by atoms with Crippen molar-refractivity contribution in [1.82, 2.24) is 19.6 Å². The summed E-state index contributed by atoms with van der Waals surface area (Å²) in [5.74, 6) is 0.658. The lowest BCUT2D eigenvalue weighted by Gasteiger charge is -2.12. The molecule has 1 aromatic heterocycles. The average molecular weight is 415 g/mol. The predicted molar refractivity (Wildman–Crippen MR) is 113 cm³/mol. The van der Waals surface area contributed by atoms with Gasteiger partial charge in [-0.1, -0.05) is 31.2 Å². The number of hydrogen-bond acceptors (Lipinski definition) is 4. The van der Waals surface area contributed by atoms with Gasteiger partial charge in [0.1, 0.15) is 12.4 Å². The molecule has 0 atom stereocenters. The zero-order valence-corrected chi connectivity index (χ0v) is 17.7. The molecule has 3 rings (SSSR count). The monoisotopic (exact) mass is 414 g/mol. The van der Waals surface area contributed by atoms with Gasteiger partial charge in [0.15, 0.2) is 0 Å². The predicted octanol–water partition coefficient (Wildman–Crippen LogP) is 2.31. The summed E-state index contributed by atoms with van der Waals surface area (Å²) in [5, 5.41) is 2.77. The first-order valence-corrected chi connectivity index (χ1v) is 11.1. The maximum absolute atomic E-state index is 12.5. The second-order valence-electron chi connectivity index (χ2n) is 6.97. The fraction of sp³-hybridized carbons (Fsp3) is 0.333. The first-order valence-electron chi connectivity index (χ1n) is 9.59. The van der Waals surface area contributed by atoms with Crippen molar-refractivity contribution < 1.29 is 13.2 Å². The molecule has 0 aliphatic heterocycles. The molecule has 2 aromatic carbocycles. The zero-order valence-electron chi connectivity index (χ0n) is 16.9. The molecule has 29 heavy (non-hydrogen) atoms. The fourth-order valence-electron chi connectivity index (χ4n) is 3.23. The summed E-state index contributed by atoms with van der Waals surface area (Å²) in [6.07, 6.45) is 0.720. The topological polar surface area (TPSA) is 93.1 Å². The van der Waals surface area contributed by atoms with Crippen molar-refractivity contribution >= 4 is 27.0 Å². The van der Waals surface area contributed by atoms with Crippen LogP contribution in [0.25, 0.3) is 11.0 Å². The summed E-state index contributed by atoms with van der Waals surface area (Å²) in [4.78, 5) is 17.2. The number of fused-ring (bicyclic) bond motifs is 1. The number of hydrogen-bond donors (Lipinski definition) is 2. The standard InChI is InChI=1S/C21H26N4O3S/c1-4-20-24-17-7-5-6-8-18(17)25(20)14-21(26)22-11-12-23-29(27,28)19-13-15(2)9-10-16(19)3/h5-10,13,23H,4,11-12,14H2,1-3H3,(H,22,26). The summed E-state index contributed by atoms with van der Waals surface area (Å²) in [7, 11) is -3.62. The molecule has 3 aromatic rings. The third kappa shape index (κ3) is 4.83. The van der Waals surface area contributed by atoms with Gasteiger partial charge in [0.05, 0.1) is 15.9 Å². The molecule has 0 fully saturated rings. The number of imidazole rings is 1. The third-order valence-electron chi connectivity index (χ3n) is 4.72. The Kier molecular flexibility index (Phi) is 6.34. The minimum absolute atomic E-state index is 0.118. The van der Waals surface area contributed by atoms with Gasteiger partial charge in [-0.3, -0.25) is 4.79 Å². The van der Waals surface area contributed by atoms with Crippen LogP contribution in [0.1, 0.15) is 23.9 Å². The number of benzene rings is 2. The van der Waals surface area contributed by atoms with Crippen LogP contribution in [0.2, 0.25) is 0 Å². The quantitative estimate of drug-likeness (QED) is 0.553. The summed E-state index contributed by atoms with van der Waals surface area (Å²) < 4.78 is 29.4. The summed E-state index contributed by atoms with van der Waals surface area (Å²) in [6.45, 7) is 6.08. The van der Waals surface area contributed by atoms with Crippen molar-refractivity contribution in [2.45, 2.75) is 38.6 Å². The van der Waals surface area contributed by atoms with Crippen molar-refractivity contribution in [1.29, 1.82) is 0 Å². The summed E-state index contributed by atoms with van der Waals surface area (Å²) in [6, 6.07) is 13.0. The number of rotatable bonds is 8. The Morgan fingerprint density at radius 3 is 2.62 bits per heavy atom. The third-order valence-corrected chi connectivity index (χ3v) is 6.33. The van der Waals surface area contributed by atoms with E-state index >= 15 is 0 Å². The first-order chi connectivity index (χ1) is 13.8. The Morgan fingerprint density at radius 2 is 1.86 bits per heavy atom. The maximum atomic E-state index is 12.5. The van der Waals surface area contributed by atoms with Crippen LogP contribution in [0, 0.1) is 13.8 Å². The van der Waals surface area contributed by atoms with E-state index in [1.165, 1.54) is 0 Å². The number of aromatic nitrogens is 2. The largest absolute Gasteiger partial charge is 0.353 e. The van der Waals surface area contributed by atoms with Gasteiger partial charge in [0.25, 0.3) is 0 Å². The maximum Gasteiger partial charge on any atom is 0.240 e. The van der Waals surface area contributed by atoms with Gasteiger partial charge in [-0.05, 0) is 43.2 Å². The minimum atomic E-state index is -3.62. The Hall–Kier alpha value is -2.71. The lowest BCUT2D eigenvalue weighted by Crippen LogP contribution is -2.36. The first kappa shape index (κ1) is 21.0. The Bertz CT molecular complexity index is 1140. The van der Waals surface area contributed by atoms with Crippen molar-refractivity contribution in [2.75, 3.05) is 13.1 Å². The van der Waals surface area contributed by atoms with E-state index in [1.54, 1.807) is 19.1 Å². The molecule has 0 saturated heterocycles. The average Bonchev–Trinajstić information content (AvgIpc) is 3.04. The van der Waals surface area contributed by atoms with Gasteiger partial charge in [0, 0.05) is 19.5 Å². The van der Waals surface area contributed by atoms with Gasteiger partial charge in [-0.15, -0.1) is 0 Å². The molecule has 0 saturated carbocycles. The van der Waals surface area contributed by atoms with Crippen LogP contribution in [0.15, 0.2) is 47.4 Å². The van der Waals surface area contributed by atoms with Crippen molar-refractivity contribution in [3.8, 4) is 0 Å². The number of amides is 1.